The van der Waals surface area contributed by atoms with Crippen LogP contribution in [-0.2, 0) is 11.3 Å². The molecule has 0 aliphatic carbocycles. The maximum Gasteiger partial charge on any atom is 0.203 e. The highest BCUT2D eigenvalue weighted by atomic mass is 32.1. The molecule has 80 valence electrons. The first-order chi connectivity index (χ1) is 6.72. The zero-order valence-electron chi connectivity index (χ0n) is 8.56. The van der Waals surface area contributed by atoms with E-state index in [9.17, 15) is 0 Å². The molecule has 0 aromatic carbocycles. The molecule has 0 saturated carbocycles. The Morgan fingerprint density at radius 3 is 2.86 bits per heavy atom. The number of hydrogen-bond acceptors (Lipinski definition) is 6. The number of nitrogens with zero attached hydrogens (tertiary/aromatic N) is 3. The van der Waals surface area contributed by atoms with Gasteiger partial charge in [0.2, 0.25) is 5.13 Å². The average Bonchev–Trinajstić information content (AvgIpc) is 2.52. The second-order valence-electron chi connectivity index (χ2n) is 2.97. The molecule has 1 rings (SSSR count). The SMILES string of the molecule is CCOCCN(C)Cc1nnc(N)s1. The summed E-state index contributed by atoms with van der Waals surface area (Å²) in [5, 5.41) is 9.17. The highest BCUT2D eigenvalue weighted by Crippen LogP contribution is 2.12. The van der Waals surface area contributed by atoms with E-state index in [4.69, 9.17) is 10.5 Å². The smallest absolute Gasteiger partial charge is 0.203 e. The Bertz CT molecular complexity index is 266. The molecule has 0 aliphatic rings. The van der Waals surface area contributed by atoms with Gasteiger partial charge in [0.15, 0.2) is 0 Å². The van der Waals surface area contributed by atoms with Crippen molar-refractivity contribution in [3.63, 3.8) is 0 Å². The standard InChI is InChI=1S/C8H16N4OS/c1-3-13-5-4-12(2)6-7-10-11-8(9)14-7/h3-6H2,1-2H3,(H2,9,11). The van der Waals surface area contributed by atoms with Crippen molar-refractivity contribution < 1.29 is 4.74 Å². The molecule has 2 N–H and O–H groups in total. The molecule has 0 aliphatic heterocycles. The summed E-state index contributed by atoms with van der Waals surface area (Å²) in [4.78, 5) is 2.13. The van der Waals surface area contributed by atoms with E-state index in [1.165, 1.54) is 11.3 Å². The Kier molecular flexibility index (Phi) is 4.78. The summed E-state index contributed by atoms with van der Waals surface area (Å²) < 4.78 is 5.25. The van der Waals surface area contributed by atoms with Gasteiger partial charge in [-0.1, -0.05) is 11.3 Å². The topological polar surface area (TPSA) is 64.3 Å². The number of rotatable bonds is 6. The molecule has 0 saturated heterocycles. The molecular formula is C8H16N4OS. The van der Waals surface area contributed by atoms with Gasteiger partial charge in [0.05, 0.1) is 13.2 Å². The Morgan fingerprint density at radius 1 is 1.50 bits per heavy atom. The van der Waals surface area contributed by atoms with E-state index in [-0.39, 0.29) is 0 Å². The molecule has 0 radical (unpaired) electrons. The number of ether oxygens (including phenoxy) is 1. The van der Waals surface area contributed by atoms with Crippen molar-refractivity contribution in [3.05, 3.63) is 5.01 Å². The van der Waals surface area contributed by atoms with Crippen LogP contribution in [0.15, 0.2) is 0 Å². The van der Waals surface area contributed by atoms with Gasteiger partial charge in [-0.2, -0.15) is 0 Å². The number of nitrogens with two attached hydrogens (primary N) is 1. The Balaban J connectivity index is 2.23. The summed E-state index contributed by atoms with van der Waals surface area (Å²) in [6.07, 6.45) is 0. The van der Waals surface area contributed by atoms with Crippen molar-refractivity contribution in [3.8, 4) is 0 Å². The Morgan fingerprint density at radius 2 is 2.29 bits per heavy atom. The molecule has 0 unspecified atom stereocenters. The Hall–Kier alpha value is -0.720. The number of nitrogen functional groups attached to an aromatic ring is 1. The summed E-state index contributed by atoms with van der Waals surface area (Å²) >= 11 is 1.43. The highest BCUT2D eigenvalue weighted by molar-refractivity contribution is 7.15. The lowest BCUT2D eigenvalue weighted by Gasteiger charge is -2.13. The first kappa shape index (κ1) is 11.4. The van der Waals surface area contributed by atoms with Gasteiger partial charge in [-0.15, -0.1) is 10.2 Å². The quantitative estimate of drug-likeness (QED) is 0.705. The van der Waals surface area contributed by atoms with E-state index in [0.29, 0.717) is 5.13 Å². The lowest BCUT2D eigenvalue weighted by molar-refractivity contribution is 0.120. The van der Waals surface area contributed by atoms with Crippen molar-refractivity contribution in [1.29, 1.82) is 0 Å². The van der Waals surface area contributed by atoms with E-state index in [1.54, 1.807) is 0 Å². The fourth-order valence-electron chi connectivity index (χ4n) is 1.01. The van der Waals surface area contributed by atoms with Gasteiger partial charge in [0.25, 0.3) is 0 Å². The van der Waals surface area contributed by atoms with Gasteiger partial charge in [-0.05, 0) is 14.0 Å². The maximum atomic E-state index is 5.48. The van der Waals surface area contributed by atoms with Gasteiger partial charge < -0.3 is 10.5 Å². The molecule has 0 fully saturated rings. The van der Waals surface area contributed by atoms with Gasteiger partial charge in [0, 0.05) is 13.2 Å². The molecule has 0 spiro atoms. The number of aromatic nitrogens is 2. The van der Waals surface area contributed by atoms with Crippen LogP contribution in [0.3, 0.4) is 0 Å². The van der Waals surface area contributed by atoms with Crippen LogP contribution in [0.2, 0.25) is 0 Å². The molecule has 14 heavy (non-hydrogen) atoms. The van der Waals surface area contributed by atoms with Crippen molar-refractivity contribution in [1.82, 2.24) is 15.1 Å². The van der Waals surface area contributed by atoms with E-state index >= 15 is 0 Å². The minimum Gasteiger partial charge on any atom is -0.380 e. The first-order valence-electron chi connectivity index (χ1n) is 4.56. The third-order valence-corrected chi connectivity index (χ3v) is 2.45. The third kappa shape index (κ3) is 3.99. The minimum absolute atomic E-state index is 0.526. The van der Waals surface area contributed by atoms with E-state index in [0.717, 1.165) is 31.3 Å². The summed E-state index contributed by atoms with van der Waals surface area (Å²) in [6.45, 7) is 5.18. The molecule has 1 heterocycles. The van der Waals surface area contributed by atoms with E-state index in [1.807, 2.05) is 14.0 Å². The van der Waals surface area contributed by atoms with Crippen molar-refractivity contribution in [2.75, 3.05) is 32.5 Å². The summed E-state index contributed by atoms with van der Waals surface area (Å²) in [6, 6.07) is 0. The predicted octanol–water partition coefficient (Wildman–Crippen LogP) is 0.589. The minimum atomic E-state index is 0.526. The fraction of sp³-hybridized carbons (Fsp3) is 0.750. The van der Waals surface area contributed by atoms with Gasteiger partial charge >= 0.3 is 0 Å². The lowest BCUT2D eigenvalue weighted by Crippen LogP contribution is -2.22. The molecule has 0 amide bonds. The van der Waals surface area contributed by atoms with Crippen LogP contribution in [0.25, 0.3) is 0 Å². The van der Waals surface area contributed by atoms with Crippen LogP contribution in [0.4, 0.5) is 5.13 Å². The fourth-order valence-corrected chi connectivity index (χ4v) is 1.69. The largest absolute Gasteiger partial charge is 0.380 e. The normalized spacial score (nSPS) is 11.1. The van der Waals surface area contributed by atoms with E-state index < -0.39 is 0 Å². The maximum absolute atomic E-state index is 5.48. The van der Waals surface area contributed by atoms with Crippen LogP contribution in [0.1, 0.15) is 11.9 Å². The second kappa shape index (κ2) is 5.90. The van der Waals surface area contributed by atoms with Crippen molar-refractivity contribution in [2.45, 2.75) is 13.5 Å². The molecule has 5 nitrogen and oxygen atoms in total. The molecule has 1 aromatic heterocycles. The molecule has 6 heteroatoms. The molecule has 1 aromatic rings. The van der Waals surface area contributed by atoms with Gasteiger partial charge in [0.1, 0.15) is 5.01 Å². The average molecular weight is 216 g/mol. The van der Waals surface area contributed by atoms with Crippen molar-refractivity contribution in [2.24, 2.45) is 0 Å². The predicted molar refractivity (Wildman–Crippen MR) is 57.1 cm³/mol. The summed E-state index contributed by atoms with van der Waals surface area (Å²) in [5.74, 6) is 0. The van der Waals surface area contributed by atoms with Gasteiger partial charge in [-0.25, -0.2) is 0 Å². The number of hydrogen-bond donors (Lipinski definition) is 1. The van der Waals surface area contributed by atoms with Crippen molar-refractivity contribution >= 4 is 16.5 Å². The zero-order valence-corrected chi connectivity index (χ0v) is 9.38. The number of likely N-dealkylation sites (N-methyl/N-ethyl adjacent to an activating group) is 1. The van der Waals surface area contributed by atoms with Crippen LogP contribution in [-0.4, -0.2) is 41.9 Å². The van der Waals surface area contributed by atoms with Gasteiger partial charge in [-0.3, -0.25) is 4.90 Å². The molecule has 0 atom stereocenters. The second-order valence-corrected chi connectivity index (χ2v) is 4.06. The summed E-state index contributed by atoms with van der Waals surface area (Å²) in [7, 11) is 2.02. The van der Waals surface area contributed by atoms with Crippen LogP contribution in [0, 0.1) is 0 Å². The van der Waals surface area contributed by atoms with Crippen LogP contribution < -0.4 is 5.73 Å². The molecule has 0 bridgehead atoms. The van der Waals surface area contributed by atoms with Crippen LogP contribution in [0.5, 0.6) is 0 Å². The number of anilines is 1. The molecular weight excluding hydrogens is 200 g/mol. The van der Waals surface area contributed by atoms with E-state index in [2.05, 4.69) is 15.1 Å². The lowest BCUT2D eigenvalue weighted by atomic mass is 10.5. The third-order valence-electron chi connectivity index (χ3n) is 1.71. The first-order valence-corrected chi connectivity index (χ1v) is 5.38. The highest BCUT2D eigenvalue weighted by Gasteiger charge is 2.04. The monoisotopic (exact) mass is 216 g/mol. The zero-order chi connectivity index (χ0) is 10.4. The Labute approximate surface area is 87.9 Å². The van der Waals surface area contributed by atoms with Crippen LogP contribution >= 0.6 is 11.3 Å². The summed E-state index contributed by atoms with van der Waals surface area (Å²) in [5.41, 5.74) is 5.48.